The van der Waals surface area contributed by atoms with E-state index in [9.17, 15) is 9.90 Å². The Bertz CT molecular complexity index is 678. The molecule has 1 aromatic rings. The van der Waals surface area contributed by atoms with Crippen LogP contribution in [0.2, 0.25) is 0 Å². The molecule has 1 saturated heterocycles. The van der Waals surface area contributed by atoms with Crippen LogP contribution in [-0.2, 0) is 23.1 Å². The zero-order valence-electron chi connectivity index (χ0n) is 13.6. The molecular formula is C20H25NO2. The number of piperidine rings is 1. The molecule has 122 valence electrons. The maximum Gasteiger partial charge on any atom is 0.133 e. The van der Waals surface area contributed by atoms with Crippen LogP contribution in [0.15, 0.2) is 12.1 Å². The molecule has 2 saturated carbocycles. The first-order valence-electron chi connectivity index (χ1n) is 9.26. The summed E-state index contributed by atoms with van der Waals surface area (Å²) in [5.41, 5.74) is 4.13. The minimum Gasteiger partial charge on any atom is -0.508 e. The highest BCUT2D eigenvalue weighted by Gasteiger charge is 2.53. The quantitative estimate of drug-likeness (QED) is 0.883. The number of hydrogen-bond donors (Lipinski definition) is 2. The second-order valence-corrected chi connectivity index (χ2v) is 8.31. The smallest absolute Gasteiger partial charge is 0.133 e. The number of phenols is 1. The van der Waals surface area contributed by atoms with Crippen molar-refractivity contribution in [3.8, 4) is 5.75 Å². The molecule has 3 heteroatoms. The molecule has 1 heterocycles. The van der Waals surface area contributed by atoms with Gasteiger partial charge in [-0.15, -0.1) is 0 Å². The van der Waals surface area contributed by atoms with E-state index >= 15 is 0 Å². The molecule has 2 N–H and O–H groups in total. The van der Waals surface area contributed by atoms with Crippen LogP contribution < -0.4 is 5.32 Å². The molecule has 3 atom stereocenters. The molecule has 3 fully saturated rings. The van der Waals surface area contributed by atoms with E-state index in [4.69, 9.17) is 0 Å². The molecule has 3 aliphatic carbocycles. The fourth-order valence-electron chi connectivity index (χ4n) is 5.73. The summed E-state index contributed by atoms with van der Waals surface area (Å²) in [6.07, 6.45) is 8.35. The van der Waals surface area contributed by atoms with Crippen molar-refractivity contribution >= 4 is 5.78 Å². The van der Waals surface area contributed by atoms with Crippen molar-refractivity contribution in [2.45, 2.75) is 62.8 Å². The zero-order valence-corrected chi connectivity index (χ0v) is 13.6. The zero-order chi connectivity index (χ0) is 15.6. The normalized spacial score (nSPS) is 35.6. The van der Waals surface area contributed by atoms with Crippen molar-refractivity contribution in [2.75, 3.05) is 6.54 Å². The Labute approximate surface area is 137 Å². The van der Waals surface area contributed by atoms with Gasteiger partial charge >= 0.3 is 0 Å². The second kappa shape index (κ2) is 4.83. The number of benzene rings is 1. The number of phenolic OH excluding ortho intramolecular Hbond substituents is 1. The number of carbonyl (C=O) groups excluding carboxylic acids is 1. The highest BCUT2D eigenvalue weighted by Crippen LogP contribution is 2.54. The van der Waals surface area contributed by atoms with Crippen molar-refractivity contribution in [3.63, 3.8) is 0 Å². The number of nitrogens with one attached hydrogen (secondary N) is 1. The Balaban J connectivity index is 1.68. The number of fused-ring (bicyclic) bond motifs is 1. The molecular weight excluding hydrogens is 286 g/mol. The van der Waals surface area contributed by atoms with E-state index in [-0.39, 0.29) is 5.41 Å². The molecule has 3 unspecified atom stereocenters. The highest BCUT2D eigenvalue weighted by molar-refractivity contribution is 5.81. The van der Waals surface area contributed by atoms with Crippen LogP contribution in [0.3, 0.4) is 0 Å². The fraction of sp³-hybridized carbons (Fsp3) is 0.650. The third-order valence-electron chi connectivity index (χ3n) is 6.91. The average molecular weight is 311 g/mol. The number of hydrogen-bond acceptors (Lipinski definition) is 3. The van der Waals surface area contributed by atoms with Gasteiger partial charge in [-0.1, -0.05) is 0 Å². The van der Waals surface area contributed by atoms with Crippen molar-refractivity contribution in [1.82, 2.24) is 5.32 Å². The first-order chi connectivity index (χ1) is 11.2. The van der Waals surface area contributed by atoms with Crippen LogP contribution >= 0.6 is 0 Å². The third kappa shape index (κ3) is 2.09. The van der Waals surface area contributed by atoms with Crippen LogP contribution in [0.4, 0.5) is 0 Å². The van der Waals surface area contributed by atoms with Crippen molar-refractivity contribution in [1.29, 1.82) is 0 Å². The van der Waals surface area contributed by atoms with Gasteiger partial charge in [-0.25, -0.2) is 0 Å². The Morgan fingerprint density at radius 2 is 2.13 bits per heavy atom. The van der Waals surface area contributed by atoms with Crippen molar-refractivity contribution < 1.29 is 9.90 Å². The van der Waals surface area contributed by atoms with Gasteiger partial charge < -0.3 is 10.4 Å². The molecule has 5 rings (SSSR count). The summed E-state index contributed by atoms with van der Waals surface area (Å²) in [6.45, 7) is 1.00. The van der Waals surface area contributed by atoms with Crippen LogP contribution in [0.25, 0.3) is 0 Å². The maximum absolute atomic E-state index is 12.3. The van der Waals surface area contributed by atoms with Crippen LogP contribution in [-0.4, -0.2) is 23.5 Å². The Hall–Kier alpha value is -1.35. The van der Waals surface area contributed by atoms with Gasteiger partial charge in [0.05, 0.1) is 0 Å². The Morgan fingerprint density at radius 3 is 2.96 bits per heavy atom. The van der Waals surface area contributed by atoms with Crippen LogP contribution in [0.5, 0.6) is 5.75 Å². The van der Waals surface area contributed by atoms with Gasteiger partial charge in [-0.3, -0.25) is 4.79 Å². The molecule has 1 aromatic carbocycles. The topological polar surface area (TPSA) is 49.3 Å². The van der Waals surface area contributed by atoms with E-state index in [0.29, 0.717) is 29.9 Å². The highest BCUT2D eigenvalue weighted by atomic mass is 16.3. The summed E-state index contributed by atoms with van der Waals surface area (Å²) in [5, 5.41) is 14.1. The first-order valence-corrected chi connectivity index (χ1v) is 9.26. The summed E-state index contributed by atoms with van der Waals surface area (Å²) in [5.74, 6) is 2.21. The summed E-state index contributed by atoms with van der Waals surface area (Å²) >= 11 is 0. The van der Waals surface area contributed by atoms with E-state index in [1.165, 1.54) is 29.5 Å². The van der Waals surface area contributed by atoms with E-state index in [0.717, 1.165) is 44.6 Å². The Kier molecular flexibility index (Phi) is 2.94. The number of rotatable bonds is 2. The molecule has 1 aliphatic heterocycles. The standard InChI is InChI=1S/C20H25NO2/c22-14-3-4-17-19-10-16-13(7-12-1-2-12)8-15(23)9-18(16)20(17,11-14)5-6-21-19/h8-9,12,17,19,21,23H,1-7,10-11H2. The van der Waals surface area contributed by atoms with Gasteiger partial charge in [-0.2, -0.15) is 0 Å². The molecule has 0 aromatic heterocycles. The molecule has 2 bridgehead atoms. The van der Waals surface area contributed by atoms with Gasteiger partial charge in [0.1, 0.15) is 11.5 Å². The molecule has 0 spiro atoms. The van der Waals surface area contributed by atoms with Gasteiger partial charge in [0.25, 0.3) is 0 Å². The van der Waals surface area contributed by atoms with Gasteiger partial charge in [0.2, 0.25) is 0 Å². The van der Waals surface area contributed by atoms with Gasteiger partial charge in [0, 0.05) is 24.3 Å². The Morgan fingerprint density at radius 1 is 1.26 bits per heavy atom. The van der Waals surface area contributed by atoms with Gasteiger partial charge in [-0.05, 0) is 85.7 Å². The van der Waals surface area contributed by atoms with Gasteiger partial charge in [0.15, 0.2) is 0 Å². The molecule has 4 aliphatic rings. The average Bonchev–Trinajstić information content (AvgIpc) is 3.32. The third-order valence-corrected chi connectivity index (χ3v) is 6.91. The summed E-state index contributed by atoms with van der Waals surface area (Å²) in [6, 6.07) is 4.51. The maximum atomic E-state index is 12.3. The van der Waals surface area contributed by atoms with E-state index in [1.54, 1.807) is 0 Å². The summed E-state index contributed by atoms with van der Waals surface area (Å²) < 4.78 is 0. The SMILES string of the molecule is O=C1CCC2C3Cc4c(CC5CC5)cc(O)cc4C2(CCN3)C1. The van der Waals surface area contributed by atoms with Crippen LogP contribution in [0, 0.1) is 11.8 Å². The van der Waals surface area contributed by atoms with E-state index in [2.05, 4.69) is 5.32 Å². The predicted octanol–water partition coefficient (Wildman–Crippen LogP) is 2.87. The number of aromatic hydroxyl groups is 1. The lowest BCUT2D eigenvalue weighted by atomic mass is 9.52. The number of Topliss-reactive ketones (excluding diaryl/α,β-unsaturated/α-hetero) is 1. The van der Waals surface area contributed by atoms with Crippen molar-refractivity contribution in [3.05, 3.63) is 28.8 Å². The molecule has 23 heavy (non-hydrogen) atoms. The van der Waals surface area contributed by atoms with E-state index < -0.39 is 0 Å². The minimum atomic E-state index is -0.00409. The molecule has 3 nitrogen and oxygen atoms in total. The number of carbonyl (C=O) groups is 1. The summed E-state index contributed by atoms with van der Waals surface area (Å²) in [4.78, 5) is 12.3. The lowest BCUT2D eigenvalue weighted by molar-refractivity contribution is -0.125. The fourth-order valence-corrected chi connectivity index (χ4v) is 5.73. The van der Waals surface area contributed by atoms with Crippen molar-refractivity contribution in [2.24, 2.45) is 11.8 Å². The van der Waals surface area contributed by atoms with E-state index in [1.807, 2.05) is 12.1 Å². The lowest BCUT2D eigenvalue weighted by Crippen LogP contribution is -2.60. The number of ketones is 1. The van der Waals surface area contributed by atoms with Crippen LogP contribution in [0.1, 0.15) is 55.2 Å². The largest absolute Gasteiger partial charge is 0.508 e. The monoisotopic (exact) mass is 311 g/mol. The first kappa shape index (κ1) is 14.0. The lowest BCUT2D eigenvalue weighted by Gasteiger charge is -2.55. The molecule has 0 amide bonds. The summed E-state index contributed by atoms with van der Waals surface area (Å²) in [7, 11) is 0. The minimum absolute atomic E-state index is 0.00409. The predicted molar refractivity (Wildman–Crippen MR) is 88.7 cm³/mol. The second-order valence-electron chi connectivity index (χ2n) is 8.31. The molecule has 0 radical (unpaired) electrons.